The van der Waals surface area contributed by atoms with E-state index in [-0.39, 0.29) is 5.79 Å². The number of rotatable bonds is 3. The highest BCUT2D eigenvalue weighted by Crippen LogP contribution is 2.33. The Bertz CT molecular complexity index is 754. The summed E-state index contributed by atoms with van der Waals surface area (Å²) in [6.45, 7) is 4.97. The van der Waals surface area contributed by atoms with Crippen LogP contribution in [0.15, 0.2) is 30.3 Å². The third kappa shape index (κ3) is 3.56. The number of anilines is 3. The molecular weight excluding hydrogens is 340 g/mol. The molecule has 3 heterocycles. The Hall–Kier alpha value is -1.89. The molecule has 2 saturated heterocycles. The van der Waals surface area contributed by atoms with E-state index >= 15 is 0 Å². The first-order valence-electron chi connectivity index (χ1n) is 8.54. The maximum atomic E-state index is 6.23. The Morgan fingerprint density at radius 1 is 1.12 bits per heavy atom. The zero-order chi connectivity index (χ0) is 17.3. The minimum absolute atomic E-state index is 0.390. The number of nitrogens with one attached hydrogen (secondary N) is 1. The van der Waals surface area contributed by atoms with E-state index in [0.717, 1.165) is 49.1 Å². The van der Waals surface area contributed by atoms with Crippen molar-refractivity contribution in [3.63, 3.8) is 0 Å². The Morgan fingerprint density at radius 3 is 2.56 bits per heavy atom. The molecule has 4 rings (SSSR count). The van der Waals surface area contributed by atoms with Gasteiger partial charge in [-0.15, -0.1) is 0 Å². The summed E-state index contributed by atoms with van der Waals surface area (Å²) in [7, 11) is 0. The molecule has 0 saturated carbocycles. The molecule has 2 aliphatic rings. The van der Waals surface area contributed by atoms with Gasteiger partial charge in [0.1, 0.15) is 5.82 Å². The first-order chi connectivity index (χ1) is 12.1. The van der Waals surface area contributed by atoms with Crippen LogP contribution in [0.4, 0.5) is 17.5 Å². The highest BCUT2D eigenvalue weighted by Gasteiger charge is 2.40. The summed E-state index contributed by atoms with van der Waals surface area (Å²) in [6, 6.07) is 9.54. The van der Waals surface area contributed by atoms with Gasteiger partial charge in [-0.2, -0.15) is 4.98 Å². The third-order valence-electron chi connectivity index (χ3n) is 4.60. The molecule has 1 N–H and O–H groups in total. The van der Waals surface area contributed by atoms with Crippen molar-refractivity contribution in [3.05, 3.63) is 41.0 Å². The van der Waals surface area contributed by atoms with Crippen molar-refractivity contribution in [3.8, 4) is 0 Å². The lowest BCUT2D eigenvalue weighted by molar-refractivity contribution is -0.169. The number of benzene rings is 1. The average molecular weight is 361 g/mol. The van der Waals surface area contributed by atoms with E-state index in [1.807, 2.05) is 37.3 Å². The van der Waals surface area contributed by atoms with E-state index in [1.165, 1.54) is 0 Å². The third-order valence-corrected chi connectivity index (χ3v) is 4.93. The van der Waals surface area contributed by atoms with Crippen molar-refractivity contribution in [2.45, 2.75) is 25.6 Å². The predicted molar refractivity (Wildman–Crippen MR) is 97.6 cm³/mol. The lowest BCUT2D eigenvalue weighted by atomic mass is 10.0. The van der Waals surface area contributed by atoms with E-state index in [4.69, 9.17) is 21.1 Å². The second-order valence-corrected chi connectivity index (χ2v) is 6.80. The number of para-hydroxylation sites is 1. The highest BCUT2D eigenvalue weighted by molar-refractivity contribution is 6.33. The zero-order valence-corrected chi connectivity index (χ0v) is 14.9. The van der Waals surface area contributed by atoms with E-state index in [1.54, 1.807) is 0 Å². The fourth-order valence-electron chi connectivity index (χ4n) is 3.29. The van der Waals surface area contributed by atoms with Crippen LogP contribution in [0.3, 0.4) is 0 Å². The Balaban J connectivity index is 1.51. The number of nitrogens with zero attached hydrogens (tertiary/aromatic N) is 3. The standard InChI is InChI=1S/C18H21ClN4O2/c1-13-12-16(21-15-5-3-2-4-14(15)19)22-17(20-13)23-8-6-18(7-9-23)24-10-11-25-18/h2-5,12H,6-11H2,1H3,(H,20,21,22). The number of piperidine rings is 1. The van der Waals surface area contributed by atoms with Crippen molar-refractivity contribution in [2.75, 3.05) is 36.5 Å². The first kappa shape index (κ1) is 16.6. The van der Waals surface area contributed by atoms with Gasteiger partial charge in [-0.05, 0) is 19.1 Å². The molecule has 132 valence electrons. The molecule has 2 aliphatic heterocycles. The molecule has 25 heavy (non-hydrogen) atoms. The van der Waals surface area contributed by atoms with Crippen LogP contribution in [0.25, 0.3) is 0 Å². The SMILES string of the molecule is Cc1cc(Nc2ccccc2Cl)nc(N2CCC3(CC2)OCCO3)n1. The molecule has 1 spiro atoms. The van der Waals surface area contributed by atoms with Crippen LogP contribution in [-0.2, 0) is 9.47 Å². The van der Waals surface area contributed by atoms with Gasteiger partial charge in [0.15, 0.2) is 5.79 Å². The second-order valence-electron chi connectivity index (χ2n) is 6.39. The van der Waals surface area contributed by atoms with Crippen LogP contribution >= 0.6 is 11.6 Å². The summed E-state index contributed by atoms with van der Waals surface area (Å²) in [5.41, 5.74) is 1.74. The molecule has 0 atom stereocenters. The van der Waals surface area contributed by atoms with E-state index < -0.39 is 0 Å². The number of hydrogen-bond acceptors (Lipinski definition) is 6. The molecule has 2 aromatic rings. The Kier molecular flexibility index (Phi) is 4.50. The van der Waals surface area contributed by atoms with Crippen molar-refractivity contribution < 1.29 is 9.47 Å². The summed E-state index contributed by atoms with van der Waals surface area (Å²) in [6.07, 6.45) is 1.66. The molecule has 7 heteroatoms. The average Bonchev–Trinajstić information content (AvgIpc) is 3.05. The lowest BCUT2D eigenvalue weighted by Crippen LogP contribution is -2.45. The maximum absolute atomic E-state index is 6.23. The summed E-state index contributed by atoms with van der Waals surface area (Å²) < 4.78 is 11.6. The zero-order valence-electron chi connectivity index (χ0n) is 14.2. The highest BCUT2D eigenvalue weighted by atomic mass is 35.5. The van der Waals surface area contributed by atoms with Crippen LogP contribution in [0.1, 0.15) is 18.5 Å². The van der Waals surface area contributed by atoms with Crippen molar-refractivity contribution in [2.24, 2.45) is 0 Å². The largest absolute Gasteiger partial charge is 0.347 e. The predicted octanol–water partition coefficient (Wildman–Crippen LogP) is 3.53. The number of hydrogen-bond donors (Lipinski definition) is 1. The maximum Gasteiger partial charge on any atom is 0.227 e. The number of halogens is 1. The Labute approximate surface area is 152 Å². The van der Waals surface area contributed by atoms with Gasteiger partial charge in [0, 0.05) is 37.7 Å². The molecule has 6 nitrogen and oxygen atoms in total. The second kappa shape index (κ2) is 6.78. The van der Waals surface area contributed by atoms with Crippen molar-refractivity contribution in [1.82, 2.24) is 9.97 Å². The van der Waals surface area contributed by atoms with Crippen LogP contribution in [0, 0.1) is 6.92 Å². The molecule has 1 aromatic carbocycles. The van der Waals surface area contributed by atoms with Crippen LogP contribution < -0.4 is 10.2 Å². The summed E-state index contributed by atoms with van der Waals surface area (Å²) in [5.74, 6) is 1.07. The normalized spacial score (nSPS) is 19.4. The molecular formula is C18H21ClN4O2. The quantitative estimate of drug-likeness (QED) is 0.903. The smallest absolute Gasteiger partial charge is 0.227 e. The summed E-state index contributed by atoms with van der Waals surface area (Å²) >= 11 is 6.23. The number of aryl methyl sites for hydroxylation is 1. The summed E-state index contributed by atoms with van der Waals surface area (Å²) in [4.78, 5) is 11.5. The van der Waals surface area contributed by atoms with Gasteiger partial charge in [-0.3, -0.25) is 0 Å². The Morgan fingerprint density at radius 2 is 1.84 bits per heavy atom. The molecule has 0 bridgehead atoms. The van der Waals surface area contributed by atoms with Gasteiger partial charge in [-0.1, -0.05) is 23.7 Å². The van der Waals surface area contributed by atoms with Gasteiger partial charge in [0.05, 0.1) is 23.9 Å². The van der Waals surface area contributed by atoms with Crippen molar-refractivity contribution >= 4 is 29.1 Å². The van der Waals surface area contributed by atoms with E-state index in [0.29, 0.717) is 18.2 Å². The first-order valence-corrected chi connectivity index (χ1v) is 8.91. The molecule has 1 aromatic heterocycles. The van der Waals surface area contributed by atoms with E-state index in [2.05, 4.69) is 20.2 Å². The van der Waals surface area contributed by atoms with Gasteiger partial charge in [0.2, 0.25) is 5.95 Å². The molecule has 0 aliphatic carbocycles. The summed E-state index contributed by atoms with van der Waals surface area (Å²) in [5, 5.41) is 3.94. The van der Waals surface area contributed by atoms with Gasteiger partial charge in [-0.25, -0.2) is 4.98 Å². The van der Waals surface area contributed by atoms with Crippen LogP contribution in [0.2, 0.25) is 5.02 Å². The van der Waals surface area contributed by atoms with Gasteiger partial charge >= 0.3 is 0 Å². The van der Waals surface area contributed by atoms with Crippen LogP contribution in [0.5, 0.6) is 0 Å². The van der Waals surface area contributed by atoms with Crippen molar-refractivity contribution in [1.29, 1.82) is 0 Å². The van der Waals surface area contributed by atoms with Gasteiger partial charge in [0.25, 0.3) is 0 Å². The molecule has 0 unspecified atom stereocenters. The fourth-order valence-corrected chi connectivity index (χ4v) is 3.47. The van der Waals surface area contributed by atoms with E-state index in [9.17, 15) is 0 Å². The molecule has 2 fully saturated rings. The minimum atomic E-state index is -0.390. The monoisotopic (exact) mass is 360 g/mol. The molecule has 0 amide bonds. The topological polar surface area (TPSA) is 59.5 Å². The minimum Gasteiger partial charge on any atom is -0.347 e. The van der Waals surface area contributed by atoms with Crippen LogP contribution in [-0.4, -0.2) is 42.1 Å². The molecule has 0 radical (unpaired) electrons. The van der Waals surface area contributed by atoms with Gasteiger partial charge < -0.3 is 19.7 Å². The number of aromatic nitrogens is 2. The fraction of sp³-hybridized carbons (Fsp3) is 0.444. The lowest BCUT2D eigenvalue weighted by Gasteiger charge is -2.37. The number of ether oxygens (including phenoxy) is 2.